The number of carbonyl (C=O) groups is 1. The maximum atomic E-state index is 12.1. The lowest BCUT2D eigenvalue weighted by atomic mass is 10.2. The largest absolute Gasteiger partial charge is 0.353 e. The van der Waals surface area contributed by atoms with Crippen molar-refractivity contribution in [3.05, 3.63) is 0 Å². The van der Waals surface area contributed by atoms with E-state index < -0.39 is 6.17 Å². The number of halogens is 1. The molecule has 0 aliphatic carbocycles. The zero-order valence-corrected chi connectivity index (χ0v) is 6.65. The van der Waals surface area contributed by atoms with Gasteiger partial charge in [-0.2, -0.15) is 0 Å². The summed E-state index contributed by atoms with van der Waals surface area (Å²) in [5, 5.41) is 2.47. The highest BCUT2D eigenvalue weighted by Gasteiger charge is 2.06. The Hall–Kier alpha value is -0.600. The summed E-state index contributed by atoms with van der Waals surface area (Å²) in [4.78, 5) is 10.8. The first-order chi connectivity index (χ1) is 4.54. The van der Waals surface area contributed by atoms with Crippen molar-refractivity contribution < 1.29 is 9.18 Å². The Morgan fingerprint density at radius 1 is 1.50 bits per heavy atom. The molecule has 0 aromatic carbocycles. The SMILES string of the molecule is CC(F)CNC(=O)C(C)C. The Morgan fingerprint density at radius 3 is 2.30 bits per heavy atom. The second-order valence-corrected chi connectivity index (χ2v) is 2.68. The van der Waals surface area contributed by atoms with Crippen LogP contribution in [0.15, 0.2) is 0 Å². The van der Waals surface area contributed by atoms with Crippen molar-refractivity contribution in [1.82, 2.24) is 5.32 Å². The molecule has 0 aromatic heterocycles. The molecule has 0 rings (SSSR count). The topological polar surface area (TPSA) is 29.1 Å². The van der Waals surface area contributed by atoms with Crippen LogP contribution >= 0.6 is 0 Å². The summed E-state index contributed by atoms with van der Waals surface area (Å²) in [6.07, 6.45) is -0.956. The molecule has 1 amide bonds. The Balaban J connectivity index is 3.40. The lowest BCUT2D eigenvalue weighted by Crippen LogP contribution is -2.32. The van der Waals surface area contributed by atoms with Gasteiger partial charge in [0.25, 0.3) is 0 Å². The predicted molar refractivity (Wildman–Crippen MR) is 38.4 cm³/mol. The highest BCUT2D eigenvalue weighted by molar-refractivity contribution is 5.77. The average molecular weight is 147 g/mol. The summed E-state index contributed by atoms with van der Waals surface area (Å²) in [5.74, 6) is -0.150. The standard InChI is InChI=1S/C7H14FNO/c1-5(2)7(10)9-4-6(3)8/h5-6H,4H2,1-3H3,(H,9,10). The van der Waals surface area contributed by atoms with Crippen molar-refractivity contribution in [3.63, 3.8) is 0 Å². The normalized spacial score (nSPS) is 13.3. The van der Waals surface area contributed by atoms with E-state index in [0.717, 1.165) is 0 Å². The molecule has 1 atom stereocenters. The quantitative estimate of drug-likeness (QED) is 0.636. The molecule has 2 nitrogen and oxygen atoms in total. The molecule has 10 heavy (non-hydrogen) atoms. The first kappa shape index (κ1) is 9.40. The van der Waals surface area contributed by atoms with Gasteiger partial charge in [0.15, 0.2) is 0 Å². The van der Waals surface area contributed by atoms with E-state index >= 15 is 0 Å². The van der Waals surface area contributed by atoms with Crippen LogP contribution in [0.1, 0.15) is 20.8 Å². The van der Waals surface area contributed by atoms with Gasteiger partial charge in [-0.05, 0) is 6.92 Å². The maximum absolute atomic E-state index is 12.1. The number of rotatable bonds is 3. The maximum Gasteiger partial charge on any atom is 0.222 e. The van der Waals surface area contributed by atoms with Gasteiger partial charge in [-0.1, -0.05) is 13.8 Å². The summed E-state index contributed by atoms with van der Waals surface area (Å²) in [6, 6.07) is 0. The van der Waals surface area contributed by atoms with Gasteiger partial charge in [0.1, 0.15) is 6.17 Å². The van der Waals surface area contributed by atoms with Gasteiger partial charge in [-0.3, -0.25) is 4.79 Å². The number of hydrogen-bond acceptors (Lipinski definition) is 1. The molecule has 0 aromatic rings. The van der Waals surface area contributed by atoms with Crippen LogP contribution in [0.3, 0.4) is 0 Å². The van der Waals surface area contributed by atoms with Crippen molar-refractivity contribution >= 4 is 5.91 Å². The molecular weight excluding hydrogens is 133 g/mol. The van der Waals surface area contributed by atoms with Crippen LogP contribution in [-0.4, -0.2) is 18.6 Å². The van der Waals surface area contributed by atoms with Crippen LogP contribution in [0.5, 0.6) is 0 Å². The van der Waals surface area contributed by atoms with E-state index in [-0.39, 0.29) is 18.4 Å². The van der Waals surface area contributed by atoms with E-state index in [4.69, 9.17) is 0 Å². The Morgan fingerprint density at radius 2 is 2.00 bits per heavy atom. The molecule has 60 valence electrons. The van der Waals surface area contributed by atoms with E-state index in [1.54, 1.807) is 13.8 Å². The smallest absolute Gasteiger partial charge is 0.222 e. The van der Waals surface area contributed by atoms with E-state index in [1.165, 1.54) is 6.92 Å². The minimum Gasteiger partial charge on any atom is -0.353 e. The fraction of sp³-hybridized carbons (Fsp3) is 0.857. The van der Waals surface area contributed by atoms with Crippen LogP contribution in [0, 0.1) is 5.92 Å². The fourth-order valence-electron chi connectivity index (χ4n) is 0.445. The Bertz CT molecular complexity index is 112. The van der Waals surface area contributed by atoms with Crippen LogP contribution in [0.25, 0.3) is 0 Å². The molecule has 0 saturated heterocycles. The van der Waals surface area contributed by atoms with Gasteiger partial charge in [0, 0.05) is 12.5 Å². The van der Waals surface area contributed by atoms with Gasteiger partial charge in [0.05, 0.1) is 0 Å². The minimum absolute atomic E-state index is 0.0567. The predicted octanol–water partition coefficient (Wildman–Crippen LogP) is 1.12. The molecule has 3 heteroatoms. The van der Waals surface area contributed by atoms with Crippen molar-refractivity contribution in [2.45, 2.75) is 26.9 Å². The van der Waals surface area contributed by atoms with Gasteiger partial charge in [-0.25, -0.2) is 4.39 Å². The Labute approximate surface area is 60.8 Å². The zero-order valence-electron chi connectivity index (χ0n) is 6.65. The number of amides is 1. The molecule has 0 radical (unpaired) electrons. The first-order valence-electron chi connectivity index (χ1n) is 3.45. The summed E-state index contributed by atoms with van der Waals surface area (Å²) in [6.45, 7) is 5.09. The van der Waals surface area contributed by atoms with E-state index in [2.05, 4.69) is 5.32 Å². The van der Waals surface area contributed by atoms with Gasteiger partial charge < -0.3 is 5.32 Å². The Kier molecular flexibility index (Phi) is 4.00. The van der Waals surface area contributed by atoms with Crippen LogP contribution in [0.4, 0.5) is 4.39 Å². The van der Waals surface area contributed by atoms with Crippen LogP contribution < -0.4 is 5.32 Å². The highest BCUT2D eigenvalue weighted by atomic mass is 19.1. The lowest BCUT2D eigenvalue weighted by Gasteiger charge is -2.07. The molecule has 1 N–H and O–H groups in total. The van der Waals surface area contributed by atoms with Crippen LogP contribution in [0.2, 0.25) is 0 Å². The lowest BCUT2D eigenvalue weighted by molar-refractivity contribution is -0.124. The van der Waals surface area contributed by atoms with Crippen LogP contribution in [-0.2, 0) is 4.79 Å². The van der Waals surface area contributed by atoms with Gasteiger partial charge in [0.2, 0.25) is 5.91 Å². The summed E-state index contributed by atoms with van der Waals surface area (Å²) >= 11 is 0. The molecule has 0 bridgehead atoms. The third-order valence-electron chi connectivity index (χ3n) is 1.08. The summed E-state index contributed by atoms with van der Waals surface area (Å²) < 4.78 is 12.1. The molecule has 0 heterocycles. The number of carbonyl (C=O) groups excluding carboxylic acids is 1. The van der Waals surface area contributed by atoms with Gasteiger partial charge in [-0.15, -0.1) is 0 Å². The average Bonchev–Trinajstić information content (AvgIpc) is 1.82. The second-order valence-electron chi connectivity index (χ2n) is 2.68. The number of hydrogen-bond donors (Lipinski definition) is 1. The third kappa shape index (κ3) is 4.30. The molecule has 0 fully saturated rings. The fourth-order valence-corrected chi connectivity index (χ4v) is 0.445. The van der Waals surface area contributed by atoms with Gasteiger partial charge >= 0.3 is 0 Å². The highest BCUT2D eigenvalue weighted by Crippen LogP contribution is 1.91. The van der Waals surface area contributed by atoms with E-state index in [1.807, 2.05) is 0 Å². The van der Waals surface area contributed by atoms with Crippen molar-refractivity contribution in [2.24, 2.45) is 5.92 Å². The number of alkyl halides is 1. The molecule has 0 aliphatic rings. The molecule has 0 saturated carbocycles. The monoisotopic (exact) mass is 147 g/mol. The zero-order chi connectivity index (χ0) is 8.15. The molecule has 1 unspecified atom stereocenters. The van der Waals surface area contributed by atoms with E-state index in [0.29, 0.717) is 0 Å². The van der Waals surface area contributed by atoms with Crippen molar-refractivity contribution in [2.75, 3.05) is 6.54 Å². The van der Waals surface area contributed by atoms with Crippen molar-refractivity contribution in [1.29, 1.82) is 0 Å². The summed E-state index contributed by atoms with van der Waals surface area (Å²) in [5.41, 5.74) is 0. The van der Waals surface area contributed by atoms with Crippen molar-refractivity contribution in [3.8, 4) is 0 Å². The first-order valence-corrected chi connectivity index (χ1v) is 3.45. The minimum atomic E-state index is -0.956. The molecular formula is C7H14FNO. The third-order valence-corrected chi connectivity index (χ3v) is 1.08. The molecule has 0 aliphatic heterocycles. The summed E-state index contributed by atoms with van der Waals surface area (Å²) in [7, 11) is 0. The number of nitrogens with one attached hydrogen (secondary N) is 1. The van der Waals surface area contributed by atoms with E-state index in [9.17, 15) is 9.18 Å². The molecule has 0 spiro atoms. The second kappa shape index (κ2) is 4.25.